The third-order valence-corrected chi connectivity index (χ3v) is 4.60. The Morgan fingerprint density at radius 2 is 1.90 bits per heavy atom. The number of methoxy groups -OCH3 is 1. The molecule has 0 saturated carbocycles. The molecule has 0 saturated heterocycles. The summed E-state index contributed by atoms with van der Waals surface area (Å²) in [6.07, 6.45) is 1.47. The number of hydrogen-bond donors (Lipinski definition) is 0. The summed E-state index contributed by atoms with van der Waals surface area (Å²) in [5, 5.41) is 11.1. The Bertz CT molecular complexity index is 1070. The zero-order valence-corrected chi connectivity index (χ0v) is 16.7. The van der Waals surface area contributed by atoms with Crippen LogP contribution in [0.15, 0.2) is 65.4 Å². The average molecular weight is 408 g/mol. The van der Waals surface area contributed by atoms with Crippen LogP contribution in [0.25, 0.3) is 6.08 Å². The molecule has 0 spiro atoms. The zero-order valence-electron chi connectivity index (χ0n) is 16.7. The highest BCUT2D eigenvalue weighted by Gasteiger charge is 2.38. The van der Waals surface area contributed by atoms with Gasteiger partial charge in [0, 0.05) is 23.5 Å². The average Bonchev–Trinajstić information content (AvgIpc) is 2.98. The molecule has 0 unspecified atom stereocenters. The molecule has 8 nitrogen and oxygen atoms in total. The standard InChI is InChI=1S/C22H20N2O6/c1-4-30-22(26)20-14(2)23(16-8-10-18(29-3)11-9-16)21(25)19(20)13-15-6-5-7-17(12-15)24(27)28/h5-13H,4H2,1-3H3/b19-13-. The molecule has 30 heavy (non-hydrogen) atoms. The van der Waals surface area contributed by atoms with Crippen LogP contribution in [0.1, 0.15) is 19.4 Å². The van der Waals surface area contributed by atoms with Gasteiger partial charge in [0.05, 0.1) is 29.8 Å². The van der Waals surface area contributed by atoms with Crippen molar-refractivity contribution in [3.8, 4) is 5.75 Å². The lowest BCUT2D eigenvalue weighted by Gasteiger charge is -2.18. The lowest BCUT2D eigenvalue weighted by Crippen LogP contribution is -2.24. The number of benzene rings is 2. The number of ether oxygens (including phenoxy) is 2. The van der Waals surface area contributed by atoms with Crippen molar-refractivity contribution in [1.29, 1.82) is 0 Å². The third kappa shape index (κ3) is 3.93. The Morgan fingerprint density at radius 3 is 2.50 bits per heavy atom. The minimum atomic E-state index is -0.629. The molecule has 1 aliphatic rings. The monoisotopic (exact) mass is 408 g/mol. The fourth-order valence-electron chi connectivity index (χ4n) is 3.22. The first-order valence-electron chi connectivity index (χ1n) is 9.20. The van der Waals surface area contributed by atoms with Crippen molar-refractivity contribution in [3.05, 3.63) is 81.1 Å². The van der Waals surface area contributed by atoms with Crippen molar-refractivity contribution in [2.45, 2.75) is 13.8 Å². The highest BCUT2D eigenvalue weighted by molar-refractivity contribution is 6.23. The van der Waals surface area contributed by atoms with E-state index in [-0.39, 0.29) is 23.4 Å². The van der Waals surface area contributed by atoms with Crippen molar-refractivity contribution in [3.63, 3.8) is 0 Å². The Balaban J connectivity index is 2.11. The zero-order chi connectivity index (χ0) is 21.8. The summed E-state index contributed by atoms with van der Waals surface area (Å²) in [6.45, 7) is 3.48. The predicted molar refractivity (Wildman–Crippen MR) is 111 cm³/mol. The second-order valence-corrected chi connectivity index (χ2v) is 6.43. The quantitative estimate of drug-likeness (QED) is 0.311. The molecule has 1 aliphatic heterocycles. The highest BCUT2D eigenvalue weighted by Crippen LogP contribution is 2.36. The topological polar surface area (TPSA) is 99.0 Å². The Labute approximate surface area is 173 Å². The smallest absolute Gasteiger partial charge is 0.340 e. The summed E-state index contributed by atoms with van der Waals surface area (Å²) in [5.41, 5.74) is 1.54. The van der Waals surface area contributed by atoms with Gasteiger partial charge in [0.15, 0.2) is 0 Å². The SMILES string of the molecule is CCOC(=O)C1=C(C)N(c2ccc(OC)cc2)C(=O)/C1=C\c1cccc([N+](=O)[O-])c1. The first-order valence-corrected chi connectivity index (χ1v) is 9.20. The van der Waals surface area contributed by atoms with Crippen LogP contribution in [0.5, 0.6) is 5.75 Å². The third-order valence-electron chi connectivity index (χ3n) is 4.60. The van der Waals surface area contributed by atoms with Crippen LogP contribution in [-0.2, 0) is 14.3 Å². The van der Waals surface area contributed by atoms with Gasteiger partial charge in [-0.2, -0.15) is 0 Å². The van der Waals surface area contributed by atoms with E-state index in [2.05, 4.69) is 0 Å². The number of non-ortho nitro benzene ring substituents is 1. The lowest BCUT2D eigenvalue weighted by atomic mass is 10.0. The van der Waals surface area contributed by atoms with E-state index in [0.29, 0.717) is 22.7 Å². The molecule has 1 heterocycles. The van der Waals surface area contributed by atoms with Gasteiger partial charge in [0.2, 0.25) is 0 Å². The van der Waals surface area contributed by atoms with Crippen LogP contribution in [0.4, 0.5) is 11.4 Å². The number of hydrogen-bond acceptors (Lipinski definition) is 6. The number of nitrogens with zero attached hydrogens (tertiary/aromatic N) is 2. The molecule has 2 aromatic carbocycles. The molecule has 154 valence electrons. The first-order chi connectivity index (χ1) is 14.4. The van der Waals surface area contributed by atoms with Crippen LogP contribution in [0, 0.1) is 10.1 Å². The largest absolute Gasteiger partial charge is 0.497 e. The van der Waals surface area contributed by atoms with Gasteiger partial charge in [0.25, 0.3) is 11.6 Å². The van der Waals surface area contributed by atoms with E-state index < -0.39 is 16.8 Å². The van der Waals surface area contributed by atoms with Gasteiger partial charge in [-0.15, -0.1) is 0 Å². The van der Waals surface area contributed by atoms with E-state index in [1.165, 1.54) is 29.2 Å². The fourth-order valence-corrected chi connectivity index (χ4v) is 3.22. The number of allylic oxidation sites excluding steroid dienone is 1. The summed E-state index contributed by atoms with van der Waals surface area (Å²) in [7, 11) is 1.54. The molecule has 8 heteroatoms. The maximum absolute atomic E-state index is 13.3. The van der Waals surface area contributed by atoms with E-state index in [9.17, 15) is 19.7 Å². The molecule has 0 atom stereocenters. The van der Waals surface area contributed by atoms with Gasteiger partial charge in [0.1, 0.15) is 5.75 Å². The van der Waals surface area contributed by atoms with Crippen molar-refractivity contribution >= 4 is 29.3 Å². The molecular formula is C22H20N2O6. The molecule has 0 radical (unpaired) electrons. The van der Waals surface area contributed by atoms with Gasteiger partial charge < -0.3 is 9.47 Å². The molecule has 3 rings (SSSR count). The second kappa shape index (κ2) is 8.60. The molecule has 0 bridgehead atoms. The van der Waals surface area contributed by atoms with Crippen LogP contribution >= 0.6 is 0 Å². The summed E-state index contributed by atoms with van der Waals surface area (Å²) < 4.78 is 10.3. The number of esters is 1. The predicted octanol–water partition coefficient (Wildman–Crippen LogP) is 3.87. The van der Waals surface area contributed by atoms with Crippen molar-refractivity contribution < 1.29 is 24.0 Å². The molecule has 0 aliphatic carbocycles. The maximum atomic E-state index is 13.3. The lowest BCUT2D eigenvalue weighted by molar-refractivity contribution is -0.384. The Hall–Kier alpha value is -3.94. The molecule has 0 fully saturated rings. The molecule has 0 aromatic heterocycles. The van der Waals surface area contributed by atoms with Gasteiger partial charge in [-0.25, -0.2) is 4.79 Å². The molecule has 0 N–H and O–H groups in total. The van der Waals surface area contributed by atoms with Crippen LogP contribution in [-0.4, -0.2) is 30.5 Å². The normalized spacial score (nSPS) is 15.0. The maximum Gasteiger partial charge on any atom is 0.340 e. The number of carbonyl (C=O) groups excluding carboxylic acids is 2. The van der Waals surface area contributed by atoms with E-state index in [1.807, 2.05) is 0 Å². The van der Waals surface area contributed by atoms with Crippen molar-refractivity contribution in [2.75, 3.05) is 18.6 Å². The molecule has 1 amide bonds. The van der Waals surface area contributed by atoms with E-state index in [4.69, 9.17) is 9.47 Å². The van der Waals surface area contributed by atoms with Crippen LogP contribution < -0.4 is 9.64 Å². The molecular weight excluding hydrogens is 388 g/mol. The Kier molecular flexibility index (Phi) is 5.96. The highest BCUT2D eigenvalue weighted by atomic mass is 16.6. The number of carbonyl (C=O) groups is 2. The van der Waals surface area contributed by atoms with E-state index >= 15 is 0 Å². The summed E-state index contributed by atoms with van der Waals surface area (Å²) >= 11 is 0. The fraction of sp³-hybridized carbons (Fsp3) is 0.182. The summed E-state index contributed by atoms with van der Waals surface area (Å²) in [5.74, 6) is -0.423. The number of amides is 1. The minimum Gasteiger partial charge on any atom is -0.497 e. The second-order valence-electron chi connectivity index (χ2n) is 6.43. The van der Waals surface area contributed by atoms with Crippen LogP contribution in [0.3, 0.4) is 0 Å². The number of nitro groups is 1. The number of anilines is 1. The van der Waals surface area contributed by atoms with E-state index in [0.717, 1.165) is 0 Å². The van der Waals surface area contributed by atoms with Gasteiger partial charge in [-0.05, 0) is 49.8 Å². The van der Waals surface area contributed by atoms with Crippen molar-refractivity contribution in [1.82, 2.24) is 0 Å². The summed E-state index contributed by atoms with van der Waals surface area (Å²) in [6, 6.07) is 12.7. The van der Waals surface area contributed by atoms with Gasteiger partial charge in [-0.3, -0.25) is 19.8 Å². The number of nitro benzene ring substituents is 1. The van der Waals surface area contributed by atoms with E-state index in [1.54, 1.807) is 51.3 Å². The minimum absolute atomic E-state index is 0.111. The Morgan fingerprint density at radius 1 is 1.20 bits per heavy atom. The first kappa shape index (κ1) is 20.8. The molecule has 2 aromatic rings. The van der Waals surface area contributed by atoms with Crippen LogP contribution in [0.2, 0.25) is 0 Å². The van der Waals surface area contributed by atoms with Gasteiger partial charge in [-0.1, -0.05) is 12.1 Å². The number of rotatable bonds is 6. The van der Waals surface area contributed by atoms with Crippen molar-refractivity contribution in [2.24, 2.45) is 0 Å². The summed E-state index contributed by atoms with van der Waals surface area (Å²) in [4.78, 5) is 37.8. The van der Waals surface area contributed by atoms with Gasteiger partial charge >= 0.3 is 5.97 Å².